The SMILES string of the molecule is COC=C(C(=O)OC)c1ccccc1COc1cc(C)c(C(=O)COC)cc1C. The lowest BCUT2D eigenvalue weighted by Gasteiger charge is -2.15. The summed E-state index contributed by atoms with van der Waals surface area (Å²) in [5, 5.41) is 0. The van der Waals surface area contributed by atoms with E-state index in [1.807, 2.05) is 50.2 Å². The zero-order valence-corrected chi connectivity index (χ0v) is 17.4. The summed E-state index contributed by atoms with van der Waals surface area (Å²) in [4.78, 5) is 24.3. The summed E-state index contributed by atoms with van der Waals surface area (Å²) in [6.07, 6.45) is 1.36. The van der Waals surface area contributed by atoms with Crippen LogP contribution in [0.1, 0.15) is 32.6 Å². The number of Topliss-reactive ketones (excluding diaryl/α,β-unsaturated/α-hetero) is 1. The van der Waals surface area contributed by atoms with Crippen LogP contribution in [0.4, 0.5) is 0 Å². The molecule has 29 heavy (non-hydrogen) atoms. The lowest BCUT2D eigenvalue weighted by molar-refractivity contribution is -0.133. The van der Waals surface area contributed by atoms with E-state index in [9.17, 15) is 9.59 Å². The maximum atomic E-state index is 12.2. The number of carbonyl (C=O) groups is 2. The van der Waals surface area contributed by atoms with Gasteiger partial charge in [-0.2, -0.15) is 0 Å². The molecule has 0 aliphatic carbocycles. The van der Waals surface area contributed by atoms with Crippen LogP contribution in [0.3, 0.4) is 0 Å². The quantitative estimate of drug-likeness (QED) is 0.276. The highest BCUT2D eigenvalue weighted by Gasteiger charge is 2.18. The van der Waals surface area contributed by atoms with Crippen LogP contribution in [-0.2, 0) is 25.6 Å². The first kappa shape index (κ1) is 22.2. The number of carbonyl (C=O) groups excluding carboxylic acids is 2. The van der Waals surface area contributed by atoms with Crippen molar-refractivity contribution in [3.63, 3.8) is 0 Å². The highest BCUT2D eigenvalue weighted by Crippen LogP contribution is 2.26. The van der Waals surface area contributed by atoms with Gasteiger partial charge in [0.25, 0.3) is 0 Å². The van der Waals surface area contributed by atoms with Gasteiger partial charge in [0.05, 0.1) is 20.5 Å². The number of methoxy groups -OCH3 is 3. The molecule has 0 radical (unpaired) electrons. The van der Waals surface area contributed by atoms with Crippen molar-refractivity contribution in [2.75, 3.05) is 27.9 Å². The van der Waals surface area contributed by atoms with Gasteiger partial charge in [-0.05, 0) is 48.2 Å². The number of hydrogen-bond donors (Lipinski definition) is 0. The van der Waals surface area contributed by atoms with Crippen LogP contribution in [0.15, 0.2) is 42.7 Å². The van der Waals surface area contributed by atoms with E-state index in [1.165, 1.54) is 27.6 Å². The highest BCUT2D eigenvalue weighted by atomic mass is 16.5. The van der Waals surface area contributed by atoms with Gasteiger partial charge in [-0.1, -0.05) is 24.3 Å². The van der Waals surface area contributed by atoms with Crippen LogP contribution in [0.25, 0.3) is 5.57 Å². The van der Waals surface area contributed by atoms with Gasteiger partial charge in [-0.3, -0.25) is 4.79 Å². The van der Waals surface area contributed by atoms with Crippen LogP contribution in [0.2, 0.25) is 0 Å². The topological polar surface area (TPSA) is 71.1 Å². The minimum absolute atomic E-state index is 0.0377. The molecule has 0 unspecified atom stereocenters. The Bertz CT molecular complexity index is 914. The maximum absolute atomic E-state index is 12.2. The van der Waals surface area contributed by atoms with E-state index in [1.54, 1.807) is 0 Å². The Morgan fingerprint density at radius 3 is 2.34 bits per heavy atom. The third-order valence-electron chi connectivity index (χ3n) is 4.43. The van der Waals surface area contributed by atoms with E-state index < -0.39 is 5.97 Å². The average molecular weight is 398 g/mol. The van der Waals surface area contributed by atoms with E-state index in [4.69, 9.17) is 18.9 Å². The van der Waals surface area contributed by atoms with Crippen LogP contribution < -0.4 is 4.74 Å². The zero-order chi connectivity index (χ0) is 21.4. The maximum Gasteiger partial charge on any atom is 0.341 e. The Morgan fingerprint density at radius 1 is 0.966 bits per heavy atom. The monoisotopic (exact) mass is 398 g/mol. The molecule has 0 N–H and O–H groups in total. The highest BCUT2D eigenvalue weighted by molar-refractivity contribution is 6.16. The fourth-order valence-corrected chi connectivity index (χ4v) is 2.97. The predicted molar refractivity (Wildman–Crippen MR) is 110 cm³/mol. The van der Waals surface area contributed by atoms with Crippen molar-refractivity contribution in [2.24, 2.45) is 0 Å². The first-order valence-electron chi connectivity index (χ1n) is 9.08. The number of aryl methyl sites for hydroxylation is 2. The molecular formula is C23H26O6. The molecule has 0 saturated carbocycles. The van der Waals surface area contributed by atoms with Crippen LogP contribution in [0.5, 0.6) is 5.75 Å². The molecule has 0 bridgehead atoms. The number of rotatable bonds is 9. The van der Waals surface area contributed by atoms with Crippen LogP contribution in [-0.4, -0.2) is 39.7 Å². The fraction of sp³-hybridized carbons (Fsp3) is 0.304. The number of ether oxygens (including phenoxy) is 4. The molecule has 0 atom stereocenters. The molecule has 0 heterocycles. The van der Waals surface area contributed by atoms with E-state index in [0.717, 1.165) is 16.7 Å². The minimum atomic E-state index is -0.493. The van der Waals surface area contributed by atoms with Crippen molar-refractivity contribution in [3.8, 4) is 5.75 Å². The van der Waals surface area contributed by atoms with Gasteiger partial charge in [0.15, 0.2) is 5.78 Å². The predicted octanol–water partition coefficient (Wildman–Crippen LogP) is 3.87. The van der Waals surface area contributed by atoms with Crippen molar-refractivity contribution in [1.29, 1.82) is 0 Å². The molecule has 0 aliphatic heterocycles. The van der Waals surface area contributed by atoms with Crippen molar-refractivity contribution in [2.45, 2.75) is 20.5 Å². The van der Waals surface area contributed by atoms with Gasteiger partial charge in [-0.15, -0.1) is 0 Å². The molecule has 6 nitrogen and oxygen atoms in total. The average Bonchev–Trinajstić information content (AvgIpc) is 2.72. The van der Waals surface area contributed by atoms with E-state index in [0.29, 0.717) is 22.4 Å². The number of benzene rings is 2. The summed E-state index contributed by atoms with van der Waals surface area (Å²) >= 11 is 0. The molecule has 0 spiro atoms. The lowest BCUT2D eigenvalue weighted by atomic mass is 10.0. The van der Waals surface area contributed by atoms with Gasteiger partial charge >= 0.3 is 5.97 Å². The molecule has 0 aliphatic rings. The van der Waals surface area contributed by atoms with E-state index in [-0.39, 0.29) is 19.0 Å². The summed E-state index contributed by atoms with van der Waals surface area (Å²) in [7, 11) is 4.29. The number of hydrogen-bond acceptors (Lipinski definition) is 6. The molecule has 2 aromatic rings. The molecular weight excluding hydrogens is 372 g/mol. The third kappa shape index (κ3) is 5.45. The first-order valence-corrected chi connectivity index (χ1v) is 9.08. The molecule has 2 aromatic carbocycles. The molecule has 2 rings (SSSR count). The van der Waals surface area contributed by atoms with Gasteiger partial charge in [-0.25, -0.2) is 4.79 Å². The normalized spacial score (nSPS) is 11.1. The second-order valence-electron chi connectivity index (χ2n) is 6.49. The third-order valence-corrected chi connectivity index (χ3v) is 4.43. The smallest absolute Gasteiger partial charge is 0.341 e. The Balaban J connectivity index is 2.29. The summed E-state index contributed by atoms with van der Waals surface area (Å²) in [5.41, 5.74) is 4.06. The second-order valence-corrected chi connectivity index (χ2v) is 6.49. The Kier molecular flexibility index (Phi) is 7.98. The number of ketones is 1. The Morgan fingerprint density at radius 2 is 1.69 bits per heavy atom. The largest absolute Gasteiger partial charge is 0.503 e. The van der Waals surface area contributed by atoms with E-state index >= 15 is 0 Å². The standard InChI is InChI=1S/C23H26O6/c1-15-11-22(16(2)10-19(15)21(24)14-27-4)29-12-17-8-6-7-9-18(17)20(13-26-3)23(25)28-5/h6-11,13H,12,14H2,1-5H3. The van der Waals surface area contributed by atoms with Gasteiger partial charge in [0.1, 0.15) is 24.5 Å². The fourth-order valence-electron chi connectivity index (χ4n) is 2.97. The summed E-state index contributed by atoms with van der Waals surface area (Å²) in [5.74, 6) is 0.103. The molecule has 6 heteroatoms. The molecule has 0 saturated heterocycles. The second kappa shape index (κ2) is 10.4. The number of esters is 1. The van der Waals surface area contributed by atoms with Crippen molar-refractivity contribution in [3.05, 3.63) is 70.5 Å². The van der Waals surface area contributed by atoms with Crippen molar-refractivity contribution >= 4 is 17.3 Å². The van der Waals surface area contributed by atoms with Crippen LogP contribution >= 0.6 is 0 Å². The summed E-state index contributed by atoms with van der Waals surface area (Å²) < 4.78 is 20.9. The minimum Gasteiger partial charge on any atom is -0.503 e. The lowest BCUT2D eigenvalue weighted by Crippen LogP contribution is -2.10. The molecule has 0 aromatic heterocycles. The van der Waals surface area contributed by atoms with Gasteiger partial charge in [0.2, 0.25) is 0 Å². The van der Waals surface area contributed by atoms with Gasteiger partial charge in [0, 0.05) is 12.7 Å². The molecule has 154 valence electrons. The summed E-state index contributed by atoms with van der Waals surface area (Å²) in [6.45, 7) is 4.02. The summed E-state index contributed by atoms with van der Waals surface area (Å²) in [6, 6.07) is 11.0. The van der Waals surface area contributed by atoms with Gasteiger partial charge < -0.3 is 18.9 Å². The molecule has 0 amide bonds. The Hall–Kier alpha value is -3.12. The zero-order valence-electron chi connectivity index (χ0n) is 17.4. The van der Waals surface area contributed by atoms with Crippen molar-refractivity contribution in [1.82, 2.24) is 0 Å². The first-order chi connectivity index (χ1) is 13.9. The Labute approximate surface area is 171 Å². The van der Waals surface area contributed by atoms with Crippen molar-refractivity contribution < 1.29 is 28.5 Å². The van der Waals surface area contributed by atoms with E-state index in [2.05, 4.69) is 0 Å². The molecule has 0 fully saturated rings. The van der Waals surface area contributed by atoms with Crippen LogP contribution in [0, 0.1) is 13.8 Å².